The molecule has 0 aliphatic carbocycles. The van der Waals surface area contributed by atoms with Crippen LogP contribution in [0.4, 0.5) is 17.1 Å². The van der Waals surface area contributed by atoms with Crippen molar-refractivity contribution in [2.45, 2.75) is 111 Å². The zero-order chi connectivity index (χ0) is 46.6. The van der Waals surface area contributed by atoms with Gasteiger partial charge < -0.3 is 18.3 Å². The van der Waals surface area contributed by atoms with Gasteiger partial charge in [-0.05, 0) is 123 Å². The van der Waals surface area contributed by atoms with E-state index in [1.165, 1.54) is 82.5 Å². The standard InChI is InChI=1S/C63H61N3O/c1-36(2)38-20-23-43(24-21-38)65(55-18-15-17-48-47-16-13-14-19-57(47)67-60(48)55)44-25-26-46-51-32-42(63(10,11)12)33-52-49(37(3)64(59(51)52)56(46)35-44)34-45-29-39-28-41(62(7,8)9)31-53-50-30-40(61(4,5)6)22-27-54(50)66(45)58(39)53/h13-33,35-36,49H,3,34H2,1-2,4-12H3. The van der Waals surface area contributed by atoms with Crippen molar-refractivity contribution in [2.75, 3.05) is 4.90 Å². The number of furan rings is 1. The van der Waals surface area contributed by atoms with Crippen LogP contribution in [0.5, 0.6) is 0 Å². The fourth-order valence-electron chi connectivity index (χ4n) is 11.3. The van der Waals surface area contributed by atoms with E-state index in [2.05, 4.69) is 223 Å². The van der Waals surface area contributed by atoms with Gasteiger partial charge in [0.1, 0.15) is 5.58 Å². The van der Waals surface area contributed by atoms with E-state index in [-0.39, 0.29) is 22.2 Å². The van der Waals surface area contributed by atoms with Crippen LogP contribution in [0.2, 0.25) is 0 Å². The van der Waals surface area contributed by atoms with Gasteiger partial charge in [0, 0.05) is 72.8 Å². The predicted octanol–water partition coefficient (Wildman–Crippen LogP) is 18.0. The van der Waals surface area contributed by atoms with Gasteiger partial charge in [-0.3, -0.25) is 0 Å². The highest BCUT2D eigenvalue weighted by molar-refractivity contribution is 6.17. The minimum Gasteiger partial charge on any atom is -0.454 e. The molecule has 0 N–H and O–H groups in total. The van der Waals surface area contributed by atoms with Gasteiger partial charge in [-0.25, -0.2) is 0 Å². The Bertz CT molecular complexity index is 3830. The van der Waals surface area contributed by atoms with Gasteiger partial charge in [-0.2, -0.15) is 0 Å². The first-order valence-electron chi connectivity index (χ1n) is 24.3. The molecule has 0 bridgehead atoms. The second-order valence-corrected chi connectivity index (χ2v) is 23.0. The monoisotopic (exact) mass is 875 g/mol. The number of allylic oxidation sites excluding steroid dienone is 1. The fourth-order valence-corrected chi connectivity index (χ4v) is 11.3. The highest BCUT2D eigenvalue weighted by atomic mass is 16.3. The first-order chi connectivity index (χ1) is 31.8. The van der Waals surface area contributed by atoms with Gasteiger partial charge in [-0.1, -0.05) is 143 Å². The van der Waals surface area contributed by atoms with E-state index in [9.17, 15) is 0 Å². The number of fused-ring (bicyclic) bond motifs is 9. The van der Waals surface area contributed by atoms with Gasteiger partial charge in [-0.15, -0.1) is 0 Å². The molecule has 1 aliphatic rings. The summed E-state index contributed by atoms with van der Waals surface area (Å²) in [6, 6.07) is 50.6. The minimum absolute atomic E-state index is 0.0191. The summed E-state index contributed by atoms with van der Waals surface area (Å²) in [7, 11) is 0. The molecule has 4 heteroatoms. The lowest BCUT2D eigenvalue weighted by molar-refractivity contribution is 0.590. The van der Waals surface area contributed by atoms with Crippen LogP contribution in [0.15, 0.2) is 144 Å². The van der Waals surface area contributed by atoms with Crippen molar-refractivity contribution in [3.63, 3.8) is 0 Å². The van der Waals surface area contributed by atoms with Crippen molar-refractivity contribution in [2.24, 2.45) is 0 Å². The molecule has 67 heavy (non-hydrogen) atoms. The Morgan fingerprint density at radius 1 is 0.567 bits per heavy atom. The largest absolute Gasteiger partial charge is 0.454 e. The number of hydrogen-bond acceptors (Lipinski definition) is 2. The highest BCUT2D eigenvalue weighted by Crippen LogP contribution is 2.52. The quantitative estimate of drug-likeness (QED) is 0.166. The summed E-state index contributed by atoms with van der Waals surface area (Å²) in [6.07, 6.45) is 0.839. The summed E-state index contributed by atoms with van der Waals surface area (Å²) in [5.41, 5.74) is 19.3. The lowest BCUT2D eigenvalue weighted by atomic mass is 9.82. The molecular weight excluding hydrogens is 815 g/mol. The predicted molar refractivity (Wildman–Crippen MR) is 287 cm³/mol. The van der Waals surface area contributed by atoms with Gasteiger partial charge in [0.2, 0.25) is 0 Å². The number of rotatable bonds is 6. The third-order valence-corrected chi connectivity index (χ3v) is 15.2. The average Bonchev–Trinajstić information content (AvgIpc) is 4.08. The molecule has 12 rings (SSSR count). The Hall–Kier alpha value is -6.78. The molecule has 334 valence electrons. The maximum atomic E-state index is 6.74. The number of aromatic nitrogens is 2. The van der Waals surface area contributed by atoms with E-state index in [1.807, 2.05) is 0 Å². The molecule has 1 unspecified atom stereocenters. The lowest BCUT2D eigenvalue weighted by Crippen LogP contribution is -2.12. The second-order valence-electron chi connectivity index (χ2n) is 23.0. The molecule has 4 aromatic heterocycles. The third kappa shape index (κ3) is 6.24. The van der Waals surface area contributed by atoms with E-state index in [0.29, 0.717) is 5.92 Å². The average molecular weight is 876 g/mol. The SMILES string of the molecule is C=C1C(Cc2cc3cc(C(C)(C)C)cc4c5cc(C(C)(C)C)ccc5n2c34)c2cc(C(C)(C)C)cc3c4ccc(N(c5ccc(C(C)C)cc5)c5cccc6c5oc5ccccc56)cc4n1c23. The Morgan fingerprint density at radius 3 is 1.94 bits per heavy atom. The van der Waals surface area contributed by atoms with Crippen molar-refractivity contribution < 1.29 is 4.42 Å². The van der Waals surface area contributed by atoms with E-state index < -0.39 is 0 Å². The first kappa shape index (κ1) is 41.6. The maximum absolute atomic E-state index is 6.74. The zero-order valence-electron chi connectivity index (χ0n) is 41.0. The molecule has 11 aromatic rings. The summed E-state index contributed by atoms with van der Waals surface area (Å²) in [5.74, 6) is 0.514. The highest BCUT2D eigenvalue weighted by Gasteiger charge is 2.35. The summed E-state index contributed by atoms with van der Waals surface area (Å²) in [5, 5.41) is 8.79. The lowest BCUT2D eigenvalue weighted by Gasteiger charge is -2.26. The van der Waals surface area contributed by atoms with Crippen LogP contribution in [-0.2, 0) is 22.7 Å². The Labute approximate surface area is 394 Å². The first-order valence-corrected chi connectivity index (χ1v) is 24.3. The van der Waals surface area contributed by atoms with E-state index in [0.717, 1.165) is 51.1 Å². The van der Waals surface area contributed by atoms with Crippen LogP contribution >= 0.6 is 0 Å². The third-order valence-electron chi connectivity index (χ3n) is 15.2. The van der Waals surface area contributed by atoms with Crippen molar-refractivity contribution in [3.05, 3.63) is 174 Å². The Morgan fingerprint density at radius 2 is 1.22 bits per heavy atom. The maximum Gasteiger partial charge on any atom is 0.159 e. The molecule has 4 nitrogen and oxygen atoms in total. The van der Waals surface area contributed by atoms with Crippen LogP contribution in [-0.4, -0.2) is 8.97 Å². The molecule has 0 spiro atoms. The number of hydrogen-bond donors (Lipinski definition) is 0. The molecule has 0 saturated carbocycles. The molecule has 1 atom stereocenters. The molecule has 0 amide bonds. The summed E-state index contributed by atoms with van der Waals surface area (Å²) < 4.78 is 11.8. The number of benzene rings is 7. The fraction of sp³-hybridized carbons (Fsp3) is 0.270. The molecule has 5 heterocycles. The topological polar surface area (TPSA) is 25.7 Å². The van der Waals surface area contributed by atoms with Crippen molar-refractivity contribution in [1.29, 1.82) is 0 Å². The Kier molecular flexibility index (Phi) is 8.78. The summed E-state index contributed by atoms with van der Waals surface area (Å²) >= 11 is 0. The van der Waals surface area contributed by atoms with Gasteiger partial charge >= 0.3 is 0 Å². The van der Waals surface area contributed by atoms with Crippen LogP contribution < -0.4 is 4.90 Å². The van der Waals surface area contributed by atoms with Crippen molar-refractivity contribution in [1.82, 2.24) is 8.97 Å². The molecule has 0 radical (unpaired) electrons. The Balaban J connectivity index is 1.06. The van der Waals surface area contributed by atoms with Crippen molar-refractivity contribution in [3.8, 4) is 0 Å². The second kappa shape index (κ2) is 14.1. The minimum atomic E-state index is -0.0441. The summed E-state index contributed by atoms with van der Waals surface area (Å²) in [6.45, 7) is 30.5. The van der Waals surface area contributed by atoms with Gasteiger partial charge in [0.25, 0.3) is 0 Å². The number of nitrogens with zero attached hydrogens (tertiary/aromatic N) is 3. The van der Waals surface area contributed by atoms with Crippen LogP contribution in [0.25, 0.3) is 76.6 Å². The number of para-hydroxylation sites is 2. The van der Waals surface area contributed by atoms with Crippen LogP contribution in [0, 0.1) is 0 Å². The molecular formula is C63H61N3O. The molecule has 0 fully saturated rings. The zero-order valence-corrected chi connectivity index (χ0v) is 41.0. The van der Waals surface area contributed by atoms with E-state index in [4.69, 9.17) is 11.0 Å². The van der Waals surface area contributed by atoms with E-state index in [1.54, 1.807) is 0 Å². The van der Waals surface area contributed by atoms with Gasteiger partial charge in [0.05, 0.1) is 27.8 Å². The van der Waals surface area contributed by atoms with Crippen molar-refractivity contribution >= 4 is 93.7 Å². The molecule has 1 aliphatic heterocycles. The normalized spacial score (nSPS) is 14.9. The summed E-state index contributed by atoms with van der Waals surface area (Å²) in [4.78, 5) is 2.38. The van der Waals surface area contributed by atoms with Gasteiger partial charge in [0.15, 0.2) is 5.58 Å². The van der Waals surface area contributed by atoms with Crippen LogP contribution in [0.1, 0.15) is 122 Å². The smallest absolute Gasteiger partial charge is 0.159 e. The van der Waals surface area contributed by atoms with E-state index >= 15 is 0 Å². The number of anilines is 3. The van der Waals surface area contributed by atoms with Crippen LogP contribution in [0.3, 0.4) is 0 Å². The molecule has 0 saturated heterocycles. The molecule has 7 aromatic carbocycles.